The Morgan fingerprint density at radius 1 is 0.309 bits per heavy atom. The normalized spacial score (nSPS) is 12.8. The van der Waals surface area contributed by atoms with E-state index in [1.807, 2.05) is 0 Å². The second-order valence-corrected chi connectivity index (χ2v) is 19.2. The predicted octanol–water partition coefficient (Wildman–Crippen LogP) is 20.0. The summed E-state index contributed by atoms with van der Waals surface area (Å²) in [5, 5.41) is 0. The highest BCUT2D eigenvalue weighted by Crippen LogP contribution is 2.15. The number of hydrogen-bond acceptors (Lipinski definition) is 5. The van der Waals surface area contributed by atoms with Crippen molar-refractivity contribution in [2.45, 2.75) is 284 Å². The number of carbonyl (C=O) groups is 2. The molecule has 0 heterocycles. The molecule has 0 aliphatic carbocycles. The van der Waals surface area contributed by atoms with E-state index in [0.29, 0.717) is 19.4 Å². The molecule has 0 N–H and O–H groups in total. The summed E-state index contributed by atoms with van der Waals surface area (Å²) in [5.41, 5.74) is 0. The summed E-state index contributed by atoms with van der Waals surface area (Å²) in [7, 11) is 0. The number of carbonyl (C=O) groups excluding carboxylic acids is 2. The molecule has 0 rings (SSSR count). The minimum Gasteiger partial charge on any atom is -0.463 e. The Labute approximate surface area is 422 Å². The van der Waals surface area contributed by atoms with Crippen LogP contribution >= 0.6 is 0 Å². The lowest BCUT2D eigenvalue weighted by molar-refractivity contribution is -0.155. The third kappa shape index (κ3) is 55.7. The number of unbranched alkanes of at least 4 members (excludes halogenated alkanes) is 28. The van der Waals surface area contributed by atoms with Gasteiger partial charge < -0.3 is 14.2 Å². The third-order valence-corrected chi connectivity index (χ3v) is 12.4. The summed E-state index contributed by atoms with van der Waals surface area (Å²) in [6, 6.07) is 0. The van der Waals surface area contributed by atoms with Crippen LogP contribution in [0.4, 0.5) is 0 Å². The zero-order valence-electron chi connectivity index (χ0n) is 45.1. The largest absolute Gasteiger partial charge is 0.463 e. The first-order valence-electron chi connectivity index (χ1n) is 29.1. The van der Waals surface area contributed by atoms with Crippen LogP contribution in [0.3, 0.4) is 0 Å². The predicted molar refractivity (Wildman–Crippen MR) is 297 cm³/mol. The van der Waals surface area contributed by atoms with E-state index in [0.717, 1.165) is 103 Å². The molecule has 5 heteroatoms. The van der Waals surface area contributed by atoms with Gasteiger partial charge in [0.25, 0.3) is 0 Å². The van der Waals surface area contributed by atoms with Crippen LogP contribution < -0.4 is 0 Å². The summed E-state index contributed by atoms with van der Waals surface area (Å²) in [6.07, 6.45) is 77.6. The maximum absolute atomic E-state index is 12.7. The topological polar surface area (TPSA) is 61.8 Å². The lowest BCUT2D eigenvalue weighted by Crippen LogP contribution is -2.29. The molecule has 5 nitrogen and oxygen atoms in total. The Balaban J connectivity index is 4.36. The first kappa shape index (κ1) is 65.1. The minimum absolute atomic E-state index is 0.132. The Bertz CT molecular complexity index is 1250. The van der Waals surface area contributed by atoms with Crippen molar-refractivity contribution >= 4 is 11.9 Å². The Morgan fingerprint density at radius 2 is 0.559 bits per heavy atom. The molecular weight excluding hydrogens is 837 g/mol. The van der Waals surface area contributed by atoms with Gasteiger partial charge in [0.15, 0.2) is 0 Å². The average Bonchev–Trinajstić information content (AvgIpc) is 3.34. The fourth-order valence-corrected chi connectivity index (χ4v) is 8.00. The lowest BCUT2D eigenvalue weighted by atomic mass is 10.0. The van der Waals surface area contributed by atoms with E-state index in [9.17, 15) is 9.59 Å². The standard InChI is InChI=1S/C63H110O5/c1-4-7-10-13-16-19-22-25-28-31-32-34-36-39-42-45-48-51-54-57-63(65)68-60-61(66-58-55-52-49-46-43-40-37-30-27-24-21-18-15-12-9-6-3)59-67-62(64)56-53-50-47-44-41-38-35-33-29-26-23-20-17-14-11-8-5-2/h16-17,19-20,25-26,28-29,32,34-35,38-39,42,61H,4-15,18,21-24,27,30-31,33,36-37,40-41,43-60H2,1-3H3/b19-16-,20-17-,28-25-,29-26-,34-32-,38-35-,42-39-/t61-/m0/s1. The summed E-state index contributed by atoms with van der Waals surface area (Å²) in [6.45, 7) is 7.64. The highest BCUT2D eigenvalue weighted by Gasteiger charge is 2.16. The molecule has 0 bridgehead atoms. The van der Waals surface area contributed by atoms with E-state index < -0.39 is 6.10 Å². The summed E-state index contributed by atoms with van der Waals surface area (Å²) >= 11 is 0. The van der Waals surface area contributed by atoms with Crippen LogP contribution in [0.2, 0.25) is 0 Å². The average molecular weight is 948 g/mol. The molecule has 392 valence electrons. The van der Waals surface area contributed by atoms with Crippen molar-refractivity contribution < 1.29 is 23.8 Å². The van der Waals surface area contributed by atoms with Gasteiger partial charge in [-0.15, -0.1) is 0 Å². The second-order valence-electron chi connectivity index (χ2n) is 19.2. The van der Waals surface area contributed by atoms with Gasteiger partial charge in [-0.1, -0.05) is 247 Å². The third-order valence-electron chi connectivity index (χ3n) is 12.4. The molecule has 0 radical (unpaired) electrons. The molecular formula is C63H110O5. The lowest BCUT2D eigenvalue weighted by Gasteiger charge is -2.18. The fraction of sp³-hybridized carbons (Fsp3) is 0.746. The van der Waals surface area contributed by atoms with Crippen LogP contribution in [0, 0.1) is 0 Å². The van der Waals surface area contributed by atoms with Crippen LogP contribution in [0.5, 0.6) is 0 Å². The van der Waals surface area contributed by atoms with Gasteiger partial charge in [0.1, 0.15) is 19.3 Å². The molecule has 0 fully saturated rings. The minimum atomic E-state index is -0.426. The first-order chi connectivity index (χ1) is 33.6. The van der Waals surface area contributed by atoms with Crippen molar-refractivity contribution in [2.24, 2.45) is 0 Å². The van der Waals surface area contributed by atoms with E-state index >= 15 is 0 Å². The van der Waals surface area contributed by atoms with Crippen molar-refractivity contribution in [1.29, 1.82) is 0 Å². The van der Waals surface area contributed by atoms with E-state index in [-0.39, 0.29) is 25.2 Å². The molecule has 0 aromatic heterocycles. The summed E-state index contributed by atoms with van der Waals surface area (Å²) < 4.78 is 17.5. The van der Waals surface area contributed by atoms with Crippen LogP contribution in [0.25, 0.3) is 0 Å². The molecule has 0 aliphatic rings. The molecule has 0 aliphatic heterocycles. The number of ether oxygens (including phenoxy) is 3. The van der Waals surface area contributed by atoms with Crippen LogP contribution in [-0.4, -0.2) is 37.9 Å². The molecule has 0 saturated carbocycles. The molecule has 68 heavy (non-hydrogen) atoms. The molecule has 0 saturated heterocycles. The zero-order chi connectivity index (χ0) is 49.2. The molecule has 0 amide bonds. The van der Waals surface area contributed by atoms with E-state index in [1.54, 1.807) is 0 Å². The maximum atomic E-state index is 12.7. The molecule has 0 aromatic rings. The van der Waals surface area contributed by atoms with Crippen molar-refractivity contribution in [3.05, 3.63) is 85.1 Å². The van der Waals surface area contributed by atoms with Gasteiger partial charge in [0, 0.05) is 19.4 Å². The summed E-state index contributed by atoms with van der Waals surface area (Å²) in [4.78, 5) is 25.3. The van der Waals surface area contributed by atoms with Crippen LogP contribution in [-0.2, 0) is 23.8 Å². The van der Waals surface area contributed by atoms with Crippen LogP contribution in [0.15, 0.2) is 85.1 Å². The van der Waals surface area contributed by atoms with Crippen molar-refractivity contribution in [1.82, 2.24) is 0 Å². The SMILES string of the molecule is CCCCC/C=C\C/C=C\C/C=C\C/C=C\CCCCCC(=O)OC[C@H](COC(=O)CCCCCC/C=C\C/C=C\C/C=C\CCCCC)OCCCCCCCCCCCCCCCCCC. The first-order valence-corrected chi connectivity index (χ1v) is 29.1. The van der Waals surface area contributed by atoms with Crippen molar-refractivity contribution in [3.63, 3.8) is 0 Å². The summed E-state index contributed by atoms with van der Waals surface area (Å²) in [5.74, 6) is -0.388. The quantitative estimate of drug-likeness (QED) is 0.0345. The Morgan fingerprint density at radius 3 is 0.912 bits per heavy atom. The number of rotatable bonds is 53. The number of allylic oxidation sites excluding steroid dienone is 14. The highest BCUT2D eigenvalue weighted by atomic mass is 16.6. The smallest absolute Gasteiger partial charge is 0.305 e. The molecule has 0 unspecified atom stereocenters. The van der Waals surface area contributed by atoms with Crippen molar-refractivity contribution in [2.75, 3.05) is 19.8 Å². The maximum Gasteiger partial charge on any atom is 0.305 e. The fourth-order valence-electron chi connectivity index (χ4n) is 8.00. The number of esters is 2. The van der Waals surface area contributed by atoms with E-state index in [2.05, 4.69) is 106 Å². The Hall–Kier alpha value is -2.92. The van der Waals surface area contributed by atoms with Gasteiger partial charge in [0.2, 0.25) is 0 Å². The molecule has 0 spiro atoms. The van der Waals surface area contributed by atoms with E-state index in [4.69, 9.17) is 14.2 Å². The zero-order valence-corrected chi connectivity index (χ0v) is 45.1. The van der Waals surface area contributed by atoms with Crippen molar-refractivity contribution in [3.8, 4) is 0 Å². The van der Waals surface area contributed by atoms with Gasteiger partial charge in [-0.3, -0.25) is 9.59 Å². The monoisotopic (exact) mass is 947 g/mol. The van der Waals surface area contributed by atoms with Gasteiger partial charge >= 0.3 is 11.9 Å². The Kier molecular flexibility index (Phi) is 55.9. The van der Waals surface area contributed by atoms with Gasteiger partial charge in [-0.25, -0.2) is 0 Å². The van der Waals surface area contributed by atoms with E-state index in [1.165, 1.54) is 141 Å². The van der Waals surface area contributed by atoms with Gasteiger partial charge in [0.05, 0.1) is 0 Å². The molecule has 0 aromatic carbocycles. The second kappa shape index (κ2) is 58.4. The van der Waals surface area contributed by atoms with Crippen LogP contribution in [0.1, 0.15) is 278 Å². The van der Waals surface area contributed by atoms with Gasteiger partial charge in [-0.05, 0) is 103 Å². The molecule has 1 atom stereocenters. The van der Waals surface area contributed by atoms with Gasteiger partial charge in [-0.2, -0.15) is 0 Å². The highest BCUT2D eigenvalue weighted by molar-refractivity contribution is 5.69. The number of hydrogen-bond donors (Lipinski definition) is 0.